The molecule has 0 aromatic carbocycles. The molecule has 0 bridgehead atoms. The van der Waals surface area contributed by atoms with Crippen LogP contribution in [0.3, 0.4) is 0 Å². The Bertz CT molecular complexity index is 141. The quantitative estimate of drug-likeness (QED) is 0.689. The Hall–Kier alpha value is -0.570. The van der Waals surface area contributed by atoms with Gasteiger partial charge in [0.1, 0.15) is 0 Å². The van der Waals surface area contributed by atoms with Crippen LogP contribution in [0.1, 0.15) is 40.0 Å². The topological polar surface area (TPSA) is 49.8 Å². The molecular formula is C10H20O3. The molecule has 0 amide bonds. The highest BCUT2D eigenvalue weighted by molar-refractivity contribution is 5.66. The van der Waals surface area contributed by atoms with Gasteiger partial charge in [0, 0.05) is 6.42 Å². The molecule has 0 aromatic rings. The molecule has 1 heterocycles. The molecule has 0 spiro atoms. The second kappa shape index (κ2) is 6.89. The van der Waals surface area contributed by atoms with E-state index in [4.69, 9.17) is 9.84 Å². The predicted molar refractivity (Wildman–Crippen MR) is 51.7 cm³/mol. The van der Waals surface area contributed by atoms with Crippen LogP contribution in [0.4, 0.5) is 0 Å². The largest absolute Gasteiger partial charge is 0.481 e. The van der Waals surface area contributed by atoms with E-state index in [0.29, 0.717) is 18.4 Å². The van der Waals surface area contributed by atoms with E-state index in [0.717, 1.165) is 13.0 Å². The molecule has 1 rings (SSSR count). The van der Waals surface area contributed by atoms with E-state index in [2.05, 4.69) is 6.92 Å². The highest BCUT2D eigenvalue weighted by atomic mass is 16.6. The number of hydrogen-bond acceptors (Lipinski definition) is 2. The minimum absolute atomic E-state index is 0.302. The maximum absolute atomic E-state index is 9.97. The first-order chi connectivity index (χ1) is 6.10. The van der Waals surface area contributed by atoms with E-state index in [1.165, 1.54) is 6.42 Å². The molecule has 0 aromatic heterocycles. The minimum Gasteiger partial charge on any atom is -0.481 e. The zero-order chi connectivity index (χ0) is 10.3. The van der Waals surface area contributed by atoms with Crippen LogP contribution in [0.5, 0.6) is 0 Å². The summed E-state index contributed by atoms with van der Waals surface area (Å²) in [5.41, 5.74) is 0. The third kappa shape index (κ3) is 9.34. The molecule has 0 radical (unpaired) electrons. The fraction of sp³-hybridized carbons (Fsp3) is 0.900. The second-order valence-electron chi connectivity index (χ2n) is 3.47. The molecule has 78 valence electrons. The summed E-state index contributed by atoms with van der Waals surface area (Å²) < 4.78 is 4.86. The van der Waals surface area contributed by atoms with Crippen molar-refractivity contribution in [1.82, 2.24) is 0 Å². The third-order valence-electron chi connectivity index (χ3n) is 2.08. The molecule has 2 atom stereocenters. The van der Waals surface area contributed by atoms with Crippen LogP contribution in [0.25, 0.3) is 0 Å². The Morgan fingerprint density at radius 2 is 2.15 bits per heavy atom. The first-order valence-corrected chi connectivity index (χ1v) is 4.93. The van der Waals surface area contributed by atoms with Crippen molar-refractivity contribution in [3.8, 4) is 0 Å². The first kappa shape index (κ1) is 12.4. The molecular weight excluding hydrogens is 168 g/mol. The minimum atomic E-state index is -0.695. The van der Waals surface area contributed by atoms with Crippen molar-refractivity contribution < 1.29 is 14.6 Å². The second-order valence-corrected chi connectivity index (χ2v) is 3.47. The van der Waals surface area contributed by atoms with Gasteiger partial charge < -0.3 is 9.84 Å². The maximum atomic E-state index is 9.97. The van der Waals surface area contributed by atoms with Gasteiger partial charge in [-0.05, 0) is 12.3 Å². The van der Waals surface area contributed by atoms with Crippen molar-refractivity contribution >= 4 is 5.97 Å². The number of aliphatic carboxylic acids is 1. The molecule has 1 N–H and O–H groups in total. The van der Waals surface area contributed by atoms with Gasteiger partial charge in [-0.2, -0.15) is 0 Å². The molecule has 1 fully saturated rings. The highest BCUT2D eigenvalue weighted by Gasteiger charge is 2.18. The van der Waals surface area contributed by atoms with Crippen LogP contribution >= 0.6 is 0 Å². The van der Waals surface area contributed by atoms with Gasteiger partial charge in [-0.1, -0.05) is 27.2 Å². The fourth-order valence-electron chi connectivity index (χ4n) is 0.746. The van der Waals surface area contributed by atoms with Crippen LogP contribution in [0, 0.1) is 5.92 Å². The van der Waals surface area contributed by atoms with Crippen molar-refractivity contribution in [3.05, 3.63) is 0 Å². The first-order valence-electron chi connectivity index (χ1n) is 4.93. The number of carbonyl (C=O) groups is 1. The lowest BCUT2D eigenvalue weighted by Gasteiger charge is -2.00. The molecule has 0 saturated carbocycles. The molecule has 2 unspecified atom stereocenters. The third-order valence-corrected chi connectivity index (χ3v) is 2.08. The summed E-state index contributed by atoms with van der Waals surface area (Å²) in [5, 5.41) is 8.22. The van der Waals surface area contributed by atoms with Gasteiger partial charge >= 0.3 is 5.97 Å². The normalized spacial score (nSPS) is 21.3. The summed E-state index contributed by atoms with van der Waals surface area (Å²) in [4.78, 5) is 9.97. The standard InChI is InChI=1S/C6H12O2.C4H8O/c1-3-5(2)4-6(7)8;1-2-4-3-5-4/h5H,3-4H2,1-2H3,(H,7,8);4H,2-3H2,1H3. The van der Waals surface area contributed by atoms with E-state index in [9.17, 15) is 4.79 Å². The number of rotatable bonds is 4. The zero-order valence-electron chi connectivity index (χ0n) is 8.75. The SMILES string of the molecule is CCC(C)CC(=O)O.CCC1CO1. The van der Waals surface area contributed by atoms with Crippen LogP contribution in [0.2, 0.25) is 0 Å². The average Bonchev–Trinajstić information content (AvgIpc) is 2.86. The van der Waals surface area contributed by atoms with Crippen molar-refractivity contribution in [2.75, 3.05) is 6.61 Å². The van der Waals surface area contributed by atoms with Gasteiger partial charge in [0.25, 0.3) is 0 Å². The lowest BCUT2D eigenvalue weighted by molar-refractivity contribution is -0.137. The highest BCUT2D eigenvalue weighted by Crippen LogP contribution is 2.10. The summed E-state index contributed by atoms with van der Waals surface area (Å²) >= 11 is 0. The Labute approximate surface area is 80.1 Å². The molecule has 3 heteroatoms. The fourth-order valence-corrected chi connectivity index (χ4v) is 0.746. The van der Waals surface area contributed by atoms with Gasteiger partial charge in [-0.3, -0.25) is 4.79 Å². The summed E-state index contributed by atoms with van der Waals surface area (Å²) in [6.07, 6.45) is 3.08. The van der Waals surface area contributed by atoms with E-state index < -0.39 is 5.97 Å². The predicted octanol–water partition coefficient (Wildman–Crippen LogP) is 2.30. The number of ether oxygens (including phenoxy) is 1. The van der Waals surface area contributed by atoms with Gasteiger partial charge in [0.15, 0.2) is 0 Å². The van der Waals surface area contributed by atoms with Crippen LogP contribution < -0.4 is 0 Å². The van der Waals surface area contributed by atoms with E-state index in [-0.39, 0.29) is 0 Å². The number of epoxide rings is 1. The Balaban J connectivity index is 0.000000243. The molecule has 1 aliphatic heterocycles. The van der Waals surface area contributed by atoms with E-state index in [1.807, 2.05) is 13.8 Å². The summed E-state index contributed by atoms with van der Waals surface area (Å²) in [7, 11) is 0. The molecule has 1 saturated heterocycles. The van der Waals surface area contributed by atoms with E-state index in [1.54, 1.807) is 0 Å². The number of hydrogen-bond donors (Lipinski definition) is 1. The van der Waals surface area contributed by atoms with Crippen molar-refractivity contribution in [1.29, 1.82) is 0 Å². The summed E-state index contributed by atoms with van der Waals surface area (Å²) in [6.45, 7) is 7.08. The number of carboxylic acid groups (broad SMARTS) is 1. The van der Waals surface area contributed by atoms with Crippen LogP contribution in [0.15, 0.2) is 0 Å². The van der Waals surface area contributed by atoms with Crippen LogP contribution in [-0.4, -0.2) is 23.8 Å². The molecule has 3 nitrogen and oxygen atoms in total. The average molecular weight is 188 g/mol. The number of carboxylic acids is 1. The molecule has 0 aliphatic carbocycles. The van der Waals surface area contributed by atoms with Gasteiger partial charge in [0.05, 0.1) is 12.7 Å². The summed E-state index contributed by atoms with van der Waals surface area (Å²) in [6, 6.07) is 0. The van der Waals surface area contributed by atoms with Crippen molar-refractivity contribution in [2.45, 2.75) is 46.1 Å². The Morgan fingerprint density at radius 1 is 1.62 bits per heavy atom. The lowest BCUT2D eigenvalue weighted by Crippen LogP contribution is -2.02. The maximum Gasteiger partial charge on any atom is 0.303 e. The van der Waals surface area contributed by atoms with Gasteiger partial charge in [-0.25, -0.2) is 0 Å². The van der Waals surface area contributed by atoms with Gasteiger partial charge in [-0.15, -0.1) is 0 Å². The van der Waals surface area contributed by atoms with Crippen molar-refractivity contribution in [3.63, 3.8) is 0 Å². The molecule has 1 aliphatic rings. The lowest BCUT2D eigenvalue weighted by atomic mass is 10.1. The molecule has 13 heavy (non-hydrogen) atoms. The Morgan fingerprint density at radius 3 is 2.23 bits per heavy atom. The van der Waals surface area contributed by atoms with Crippen molar-refractivity contribution in [2.24, 2.45) is 5.92 Å². The zero-order valence-corrected chi connectivity index (χ0v) is 8.75. The monoisotopic (exact) mass is 188 g/mol. The van der Waals surface area contributed by atoms with Gasteiger partial charge in [0.2, 0.25) is 0 Å². The van der Waals surface area contributed by atoms with E-state index >= 15 is 0 Å². The summed E-state index contributed by atoms with van der Waals surface area (Å²) in [5.74, 6) is -0.369. The van der Waals surface area contributed by atoms with Crippen LogP contribution in [-0.2, 0) is 9.53 Å². The smallest absolute Gasteiger partial charge is 0.303 e. The Kier molecular flexibility index (Phi) is 6.59.